The molecule has 5 nitrogen and oxygen atoms in total. The lowest BCUT2D eigenvalue weighted by Crippen LogP contribution is -2.19. The number of nitrogens with zero attached hydrogens (tertiary/aromatic N) is 1. The van der Waals surface area contributed by atoms with E-state index in [2.05, 4.69) is 10.7 Å². The maximum Gasteiger partial charge on any atom is 0.257 e. The summed E-state index contributed by atoms with van der Waals surface area (Å²) in [6.45, 7) is 0. The van der Waals surface area contributed by atoms with Gasteiger partial charge in [-0.05, 0) is 30.3 Å². The van der Waals surface area contributed by atoms with Crippen LogP contribution < -0.4 is 16.6 Å². The number of para-hydroxylation sites is 1. The molecule has 106 valence electrons. The number of halogens is 2. The maximum atomic E-state index is 13.7. The van der Waals surface area contributed by atoms with Crippen LogP contribution in [0.1, 0.15) is 15.9 Å². The van der Waals surface area contributed by atoms with Crippen molar-refractivity contribution in [2.24, 2.45) is 5.84 Å². The van der Waals surface area contributed by atoms with Crippen molar-refractivity contribution in [2.45, 2.75) is 0 Å². The average molecular weight is 288 g/mol. The molecule has 0 heterocycles. The van der Waals surface area contributed by atoms with Crippen molar-refractivity contribution in [1.29, 1.82) is 5.26 Å². The zero-order chi connectivity index (χ0) is 15.4. The Balaban J connectivity index is 2.31. The largest absolute Gasteiger partial charge is 0.321 e. The maximum absolute atomic E-state index is 13.7. The van der Waals surface area contributed by atoms with Crippen LogP contribution in [0.25, 0.3) is 0 Å². The number of amides is 1. The highest BCUT2D eigenvalue weighted by molar-refractivity contribution is 6.08. The molecule has 0 radical (unpaired) electrons. The SMILES string of the molecule is N#Cc1ccc(NC(=O)c2cccc(F)c2NN)c(F)c1. The molecule has 1 amide bonds. The van der Waals surface area contributed by atoms with Gasteiger partial charge >= 0.3 is 0 Å². The Hall–Kier alpha value is -2.98. The van der Waals surface area contributed by atoms with E-state index in [0.717, 1.165) is 12.1 Å². The number of hydrogen-bond acceptors (Lipinski definition) is 4. The van der Waals surface area contributed by atoms with Gasteiger partial charge in [-0.2, -0.15) is 5.26 Å². The van der Waals surface area contributed by atoms with Gasteiger partial charge in [-0.1, -0.05) is 6.07 Å². The van der Waals surface area contributed by atoms with E-state index in [1.165, 1.54) is 24.3 Å². The standard InChI is InChI=1S/C14H10F2N4O/c15-10-3-1-2-9(13(10)20-18)14(21)19-12-5-4-8(7-17)6-11(12)16/h1-6,20H,18H2,(H,19,21). The first-order valence-electron chi connectivity index (χ1n) is 5.83. The monoisotopic (exact) mass is 288 g/mol. The first-order valence-corrected chi connectivity index (χ1v) is 5.83. The van der Waals surface area contributed by atoms with Crippen LogP contribution in [0.4, 0.5) is 20.2 Å². The van der Waals surface area contributed by atoms with Gasteiger partial charge in [-0.15, -0.1) is 0 Å². The minimum Gasteiger partial charge on any atom is -0.321 e. The molecule has 0 saturated carbocycles. The second-order valence-electron chi connectivity index (χ2n) is 4.07. The Labute approximate surface area is 119 Å². The zero-order valence-corrected chi connectivity index (χ0v) is 10.7. The molecule has 0 bridgehead atoms. The average Bonchev–Trinajstić information content (AvgIpc) is 2.48. The summed E-state index contributed by atoms with van der Waals surface area (Å²) in [5.74, 6) is 2.97. The van der Waals surface area contributed by atoms with Crippen LogP contribution in [0.3, 0.4) is 0 Å². The van der Waals surface area contributed by atoms with Gasteiger partial charge in [0.05, 0.1) is 28.6 Å². The summed E-state index contributed by atoms with van der Waals surface area (Å²) in [6, 6.07) is 9.18. The van der Waals surface area contributed by atoms with Crippen LogP contribution >= 0.6 is 0 Å². The van der Waals surface area contributed by atoms with Crippen molar-refractivity contribution in [3.8, 4) is 6.07 Å². The molecule has 0 aliphatic carbocycles. The third kappa shape index (κ3) is 2.96. The molecule has 2 rings (SSSR count). The second kappa shape index (κ2) is 5.98. The molecule has 0 saturated heterocycles. The van der Waals surface area contributed by atoms with Gasteiger partial charge < -0.3 is 10.7 Å². The Kier molecular flexibility index (Phi) is 4.11. The fraction of sp³-hybridized carbons (Fsp3) is 0. The van der Waals surface area contributed by atoms with Gasteiger partial charge in [0, 0.05) is 0 Å². The number of hydrazine groups is 1. The number of nitriles is 1. The minimum absolute atomic E-state index is 0.0683. The predicted molar refractivity (Wildman–Crippen MR) is 73.3 cm³/mol. The van der Waals surface area contributed by atoms with E-state index in [4.69, 9.17) is 11.1 Å². The summed E-state index contributed by atoms with van der Waals surface area (Å²) < 4.78 is 27.2. The van der Waals surface area contributed by atoms with E-state index in [1.807, 2.05) is 0 Å². The van der Waals surface area contributed by atoms with Crippen molar-refractivity contribution < 1.29 is 13.6 Å². The quantitative estimate of drug-likeness (QED) is 0.597. The van der Waals surface area contributed by atoms with Crippen molar-refractivity contribution in [1.82, 2.24) is 0 Å². The molecule has 0 aliphatic rings. The second-order valence-corrected chi connectivity index (χ2v) is 4.07. The Morgan fingerprint density at radius 2 is 1.95 bits per heavy atom. The van der Waals surface area contributed by atoms with Gasteiger partial charge in [-0.3, -0.25) is 10.6 Å². The van der Waals surface area contributed by atoms with Crippen LogP contribution in [0.5, 0.6) is 0 Å². The first kappa shape index (κ1) is 14.4. The van der Waals surface area contributed by atoms with Gasteiger partial charge in [0.2, 0.25) is 0 Å². The van der Waals surface area contributed by atoms with E-state index in [-0.39, 0.29) is 22.5 Å². The fourth-order valence-corrected chi connectivity index (χ4v) is 1.74. The van der Waals surface area contributed by atoms with Crippen LogP contribution in [-0.2, 0) is 0 Å². The van der Waals surface area contributed by atoms with E-state index in [1.54, 1.807) is 6.07 Å². The molecule has 2 aromatic rings. The summed E-state index contributed by atoms with van der Waals surface area (Å²) in [5.41, 5.74) is 1.84. The molecule has 0 unspecified atom stereocenters. The molecular formula is C14H10F2N4O. The lowest BCUT2D eigenvalue weighted by atomic mass is 10.1. The lowest BCUT2D eigenvalue weighted by Gasteiger charge is -2.11. The smallest absolute Gasteiger partial charge is 0.257 e. The summed E-state index contributed by atoms with van der Waals surface area (Å²) in [4.78, 5) is 12.0. The van der Waals surface area contributed by atoms with E-state index in [9.17, 15) is 13.6 Å². The first-order chi connectivity index (χ1) is 10.1. The van der Waals surface area contributed by atoms with Gasteiger partial charge in [0.1, 0.15) is 11.6 Å². The lowest BCUT2D eigenvalue weighted by molar-refractivity contribution is 0.102. The summed E-state index contributed by atoms with van der Waals surface area (Å²) in [5, 5.41) is 10.9. The highest BCUT2D eigenvalue weighted by Gasteiger charge is 2.16. The molecule has 0 aromatic heterocycles. The fourth-order valence-electron chi connectivity index (χ4n) is 1.74. The summed E-state index contributed by atoms with van der Waals surface area (Å²) in [6.07, 6.45) is 0. The molecule has 4 N–H and O–H groups in total. The van der Waals surface area contributed by atoms with Gasteiger partial charge in [0.25, 0.3) is 5.91 Å². The number of hydrogen-bond donors (Lipinski definition) is 3. The minimum atomic E-state index is -0.763. The van der Waals surface area contributed by atoms with Gasteiger partial charge in [0.15, 0.2) is 0 Å². The molecular weight excluding hydrogens is 278 g/mol. The third-order valence-electron chi connectivity index (χ3n) is 2.75. The topological polar surface area (TPSA) is 90.9 Å². The Bertz CT molecular complexity index is 740. The number of rotatable bonds is 3. The highest BCUT2D eigenvalue weighted by atomic mass is 19.1. The Morgan fingerprint density at radius 3 is 2.57 bits per heavy atom. The summed E-state index contributed by atoms with van der Waals surface area (Å²) in [7, 11) is 0. The van der Waals surface area contributed by atoms with Crippen molar-refractivity contribution in [3.05, 3.63) is 59.2 Å². The van der Waals surface area contributed by atoms with Gasteiger partial charge in [-0.25, -0.2) is 8.78 Å². The third-order valence-corrected chi connectivity index (χ3v) is 2.75. The van der Waals surface area contributed by atoms with E-state index < -0.39 is 17.5 Å². The van der Waals surface area contributed by atoms with Crippen LogP contribution in [0, 0.1) is 23.0 Å². The number of carbonyl (C=O) groups excluding carboxylic acids is 1. The van der Waals surface area contributed by atoms with E-state index >= 15 is 0 Å². The zero-order valence-electron chi connectivity index (χ0n) is 10.7. The molecule has 21 heavy (non-hydrogen) atoms. The van der Waals surface area contributed by atoms with Crippen molar-refractivity contribution in [2.75, 3.05) is 10.7 Å². The number of nitrogen functional groups attached to an aromatic ring is 1. The van der Waals surface area contributed by atoms with Crippen LogP contribution in [-0.4, -0.2) is 5.91 Å². The van der Waals surface area contributed by atoms with E-state index in [0.29, 0.717) is 0 Å². The highest BCUT2D eigenvalue weighted by Crippen LogP contribution is 2.21. The molecule has 0 atom stereocenters. The van der Waals surface area contributed by atoms with Crippen molar-refractivity contribution >= 4 is 17.3 Å². The Morgan fingerprint density at radius 1 is 1.19 bits per heavy atom. The molecule has 0 fully saturated rings. The number of nitrogens with one attached hydrogen (secondary N) is 2. The van der Waals surface area contributed by atoms with Crippen LogP contribution in [0.15, 0.2) is 36.4 Å². The predicted octanol–water partition coefficient (Wildman–Crippen LogP) is 2.37. The molecule has 7 heteroatoms. The number of benzene rings is 2. The molecule has 0 spiro atoms. The van der Waals surface area contributed by atoms with Crippen LogP contribution in [0.2, 0.25) is 0 Å². The number of anilines is 2. The number of nitrogens with two attached hydrogens (primary N) is 1. The van der Waals surface area contributed by atoms with Crippen molar-refractivity contribution in [3.63, 3.8) is 0 Å². The molecule has 0 aliphatic heterocycles. The normalized spacial score (nSPS) is 9.81. The number of carbonyl (C=O) groups is 1. The summed E-state index contributed by atoms with van der Waals surface area (Å²) >= 11 is 0. The molecule has 2 aromatic carbocycles.